The highest BCUT2D eigenvalue weighted by Gasteiger charge is 2.30. The summed E-state index contributed by atoms with van der Waals surface area (Å²) >= 11 is 1.65. The summed E-state index contributed by atoms with van der Waals surface area (Å²) in [5.74, 6) is -0.152. The van der Waals surface area contributed by atoms with Crippen molar-refractivity contribution in [2.75, 3.05) is 31.3 Å². The number of carbonyl (C=O) groups excluding carboxylic acids is 2. The first kappa shape index (κ1) is 18.8. The highest BCUT2D eigenvalue weighted by atomic mass is 32.2. The van der Waals surface area contributed by atoms with E-state index in [1.54, 1.807) is 11.8 Å². The van der Waals surface area contributed by atoms with E-state index in [1.807, 2.05) is 44.4 Å². The molecule has 0 aliphatic carbocycles. The van der Waals surface area contributed by atoms with Crippen LogP contribution in [0.5, 0.6) is 0 Å². The Morgan fingerprint density at radius 3 is 2.71 bits per heavy atom. The summed E-state index contributed by atoms with van der Waals surface area (Å²) in [6, 6.07) is 7.62. The van der Waals surface area contributed by atoms with Gasteiger partial charge in [-0.05, 0) is 64.2 Å². The van der Waals surface area contributed by atoms with E-state index in [2.05, 4.69) is 10.2 Å². The van der Waals surface area contributed by atoms with Gasteiger partial charge in [0.05, 0.1) is 18.6 Å². The molecule has 1 heterocycles. The van der Waals surface area contributed by atoms with E-state index in [0.29, 0.717) is 6.61 Å². The second-order valence-corrected chi connectivity index (χ2v) is 6.84. The number of anilines is 1. The minimum absolute atomic E-state index is 0.0113. The molecule has 1 fully saturated rings. The minimum Gasteiger partial charge on any atom is -0.466 e. The second kappa shape index (κ2) is 9.08. The van der Waals surface area contributed by atoms with Crippen LogP contribution in [0.25, 0.3) is 0 Å². The van der Waals surface area contributed by atoms with Crippen molar-refractivity contribution in [3.63, 3.8) is 0 Å². The van der Waals surface area contributed by atoms with Gasteiger partial charge in [-0.25, -0.2) is 0 Å². The maximum Gasteiger partial charge on any atom is 0.309 e. The van der Waals surface area contributed by atoms with Gasteiger partial charge in [0.25, 0.3) is 0 Å². The number of benzene rings is 1. The molecule has 2 rings (SSSR count). The number of hydrogen-bond acceptors (Lipinski definition) is 5. The Balaban J connectivity index is 1.86. The molecule has 5 nitrogen and oxygen atoms in total. The molecule has 1 amide bonds. The molecule has 1 saturated heterocycles. The highest BCUT2D eigenvalue weighted by molar-refractivity contribution is 7.98. The molecule has 1 N–H and O–H groups in total. The average molecular weight is 350 g/mol. The standard InChI is InChI=1S/C18H26N2O3S/c1-4-23-18(22)14-8-10-20(11-9-14)13(2)17(21)19-15-6-5-7-16(12-15)24-3/h5-7,12-14H,4,8-11H2,1-3H3,(H,19,21). The number of hydrogen-bond donors (Lipinski definition) is 1. The number of nitrogens with one attached hydrogen (secondary N) is 1. The zero-order valence-corrected chi connectivity index (χ0v) is 15.4. The summed E-state index contributed by atoms with van der Waals surface area (Å²) in [5, 5.41) is 2.98. The Bertz CT molecular complexity index is 571. The summed E-state index contributed by atoms with van der Waals surface area (Å²) in [6.45, 7) is 5.64. The van der Waals surface area contributed by atoms with E-state index in [-0.39, 0.29) is 23.8 Å². The first-order valence-corrected chi connectivity index (χ1v) is 9.63. The SMILES string of the molecule is CCOC(=O)C1CCN(C(C)C(=O)Nc2cccc(SC)c2)CC1. The summed E-state index contributed by atoms with van der Waals surface area (Å²) in [4.78, 5) is 27.5. The molecular formula is C18H26N2O3S. The van der Waals surface area contributed by atoms with Crippen LogP contribution < -0.4 is 5.32 Å². The Kier molecular flexibility index (Phi) is 7.12. The van der Waals surface area contributed by atoms with Gasteiger partial charge in [-0.2, -0.15) is 0 Å². The lowest BCUT2D eigenvalue weighted by Gasteiger charge is -2.34. The monoisotopic (exact) mass is 350 g/mol. The number of rotatable bonds is 6. The van der Waals surface area contributed by atoms with Gasteiger partial charge in [0.2, 0.25) is 5.91 Å². The molecule has 132 valence electrons. The quantitative estimate of drug-likeness (QED) is 0.631. The number of piperidine rings is 1. The van der Waals surface area contributed by atoms with Crippen molar-refractivity contribution in [1.29, 1.82) is 0 Å². The molecule has 6 heteroatoms. The lowest BCUT2D eigenvalue weighted by molar-refractivity contribution is -0.149. The van der Waals surface area contributed by atoms with Crippen molar-refractivity contribution in [2.24, 2.45) is 5.92 Å². The third-order valence-corrected chi connectivity index (χ3v) is 5.14. The zero-order chi connectivity index (χ0) is 17.5. The highest BCUT2D eigenvalue weighted by Crippen LogP contribution is 2.22. The van der Waals surface area contributed by atoms with Crippen molar-refractivity contribution in [3.8, 4) is 0 Å². The molecule has 0 saturated carbocycles. The summed E-state index contributed by atoms with van der Waals surface area (Å²) in [7, 11) is 0. The van der Waals surface area contributed by atoms with Crippen LogP contribution in [0.3, 0.4) is 0 Å². The van der Waals surface area contributed by atoms with Crippen molar-refractivity contribution < 1.29 is 14.3 Å². The van der Waals surface area contributed by atoms with Crippen LogP contribution in [-0.4, -0.2) is 48.8 Å². The predicted molar refractivity (Wildman–Crippen MR) is 97.2 cm³/mol. The second-order valence-electron chi connectivity index (χ2n) is 5.96. The molecule has 1 aliphatic rings. The van der Waals surface area contributed by atoms with Crippen LogP contribution in [0.1, 0.15) is 26.7 Å². The number of likely N-dealkylation sites (tertiary alicyclic amines) is 1. The first-order chi connectivity index (χ1) is 11.5. The minimum atomic E-state index is -0.217. The van der Waals surface area contributed by atoms with E-state index >= 15 is 0 Å². The summed E-state index contributed by atoms with van der Waals surface area (Å²) < 4.78 is 5.09. The van der Waals surface area contributed by atoms with Gasteiger partial charge in [0.15, 0.2) is 0 Å². The van der Waals surface area contributed by atoms with Gasteiger partial charge < -0.3 is 10.1 Å². The van der Waals surface area contributed by atoms with Gasteiger partial charge in [-0.1, -0.05) is 6.07 Å². The molecule has 1 aliphatic heterocycles. The Hall–Kier alpha value is -1.53. The smallest absolute Gasteiger partial charge is 0.309 e. The van der Waals surface area contributed by atoms with Crippen molar-refractivity contribution in [3.05, 3.63) is 24.3 Å². The Morgan fingerprint density at radius 1 is 1.38 bits per heavy atom. The molecule has 1 aromatic rings. The van der Waals surface area contributed by atoms with E-state index in [1.165, 1.54) is 0 Å². The van der Waals surface area contributed by atoms with E-state index in [4.69, 9.17) is 4.74 Å². The van der Waals surface area contributed by atoms with Crippen LogP contribution in [0.4, 0.5) is 5.69 Å². The lowest BCUT2D eigenvalue weighted by Crippen LogP contribution is -2.47. The number of carbonyl (C=O) groups is 2. The summed E-state index contributed by atoms with van der Waals surface area (Å²) in [6.07, 6.45) is 3.51. The number of nitrogens with zero attached hydrogens (tertiary/aromatic N) is 1. The number of ether oxygens (including phenoxy) is 1. The van der Waals surface area contributed by atoms with Crippen LogP contribution in [0.15, 0.2) is 29.2 Å². The summed E-state index contributed by atoms with van der Waals surface area (Å²) in [5.41, 5.74) is 0.820. The molecular weight excluding hydrogens is 324 g/mol. The number of esters is 1. The Labute approximate surface area is 148 Å². The molecule has 1 aromatic carbocycles. The predicted octanol–water partition coefficient (Wildman–Crippen LogP) is 3.01. The van der Waals surface area contributed by atoms with Crippen molar-refractivity contribution in [2.45, 2.75) is 37.6 Å². The van der Waals surface area contributed by atoms with Crippen molar-refractivity contribution in [1.82, 2.24) is 4.90 Å². The van der Waals surface area contributed by atoms with Gasteiger partial charge in [0.1, 0.15) is 0 Å². The third-order valence-electron chi connectivity index (χ3n) is 4.41. The zero-order valence-electron chi connectivity index (χ0n) is 14.6. The number of thioether (sulfide) groups is 1. The van der Waals surface area contributed by atoms with Crippen molar-refractivity contribution >= 4 is 29.3 Å². The fourth-order valence-electron chi connectivity index (χ4n) is 2.90. The molecule has 0 radical (unpaired) electrons. The molecule has 1 unspecified atom stereocenters. The maximum absolute atomic E-state index is 12.5. The maximum atomic E-state index is 12.5. The van der Waals surface area contributed by atoms with Gasteiger partial charge >= 0.3 is 5.97 Å². The van der Waals surface area contributed by atoms with Crippen LogP contribution >= 0.6 is 11.8 Å². The van der Waals surface area contributed by atoms with Gasteiger partial charge in [0, 0.05) is 10.6 Å². The molecule has 0 aromatic heterocycles. The van der Waals surface area contributed by atoms with Gasteiger partial charge in [-0.3, -0.25) is 14.5 Å². The lowest BCUT2D eigenvalue weighted by atomic mass is 9.96. The topological polar surface area (TPSA) is 58.6 Å². The van der Waals surface area contributed by atoms with Gasteiger partial charge in [-0.15, -0.1) is 11.8 Å². The molecule has 1 atom stereocenters. The normalized spacial score (nSPS) is 17.3. The van der Waals surface area contributed by atoms with Crippen LogP contribution in [0.2, 0.25) is 0 Å². The fraction of sp³-hybridized carbons (Fsp3) is 0.556. The first-order valence-electron chi connectivity index (χ1n) is 8.40. The van der Waals surface area contributed by atoms with E-state index in [0.717, 1.165) is 36.5 Å². The van der Waals surface area contributed by atoms with Crippen LogP contribution in [-0.2, 0) is 14.3 Å². The molecule has 0 spiro atoms. The van der Waals surface area contributed by atoms with Crippen LogP contribution in [0, 0.1) is 5.92 Å². The largest absolute Gasteiger partial charge is 0.466 e. The fourth-order valence-corrected chi connectivity index (χ4v) is 3.36. The average Bonchev–Trinajstić information content (AvgIpc) is 2.61. The van der Waals surface area contributed by atoms with E-state index < -0.39 is 0 Å². The molecule has 24 heavy (non-hydrogen) atoms. The number of amides is 1. The van der Waals surface area contributed by atoms with E-state index in [9.17, 15) is 9.59 Å². The third kappa shape index (κ3) is 4.98. The Morgan fingerprint density at radius 2 is 2.08 bits per heavy atom. The molecule has 0 bridgehead atoms.